The molecule has 0 aliphatic carbocycles. The van der Waals surface area contributed by atoms with Gasteiger partial charge in [0.2, 0.25) is 0 Å². The normalized spacial score (nSPS) is 12.2. The van der Waals surface area contributed by atoms with E-state index >= 15 is 0 Å². The minimum Gasteiger partial charge on any atom is -0.432 e. The summed E-state index contributed by atoms with van der Waals surface area (Å²) in [5.41, 5.74) is 0. The molecule has 0 amide bonds. The van der Waals surface area contributed by atoms with Crippen LogP contribution in [0.3, 0.4) is 0 Å². The second-order valence-corrected chi connectivity index (χ2v) is 17.7. The molecule has 2 heteroatoms. The van der Waals surface area contributed by atoms with Gasteiger partial charge in [-0.05, 0) is 25.1 Å². The van der Waals surface area contributed by atoms with Crippen LogP contribution in [0.5, 0.6) is 0 Å². The van der Waals surface area contributed by atoms with Gasteiger partial charge in [-0.15, -0.1) is 0 Å². The maximum absolute atomic E-state index is 10.6. The van der Waals surface area contributed by atoms with Crippen LogP contribution in [0.25, 0.3) is 0 Å². The maximum Gasteiger partial charge on any atom is 0.182 e. The molecule has 0 rings (SSSR count). The molecule has 0 aromatic heterocycles. The smallest absolute Gasteiger partial charge is 0.182 e. The van der Waals surface area contributed by atoms with E-state index in [0.29, 0.717) is 0 Å². The molecule has 0 aromatic carbocycles. The van der Waals surface area contributed by atoms with Crippen molar-refractivity contribution in [3.05, 3.63) is 0 Å². The molecule has 0 heterocycles. The fourth-order valence-corrected chi connectivity index (χ4v) is 8.13. The Labute approximate surface area is 244 Å². The topological polar surface area (TPSA) is 20.2 Å². The van der Waals surface area contributed by atoms with Crippen LogP contribution < -0.4 is 0 Å². The number of rotatable bonds is 32. The third-order valence-corrected chi connectivity index (χ3v) is 10.3. The Morgan fingerprint density at radius 1 is 0.368 bits per heavy atom. The molecule has 0 aliphatic rings. The monoisotopic (exact) mass is 553 g/mol. The molecular formula is C36H76OSi. The predicted octanol–water partition coefficient (Wildman–Crippen LogP) is 13.5. The van der Waals surface area contributed by atoms with Crippen molar-refractivity contribution in [2.24, 2.45) is 5.92 Å². The molecule has 0 aliphatic heterocycles. The van der Waals surface area contributed by atoms with E-state index < -0.39 is 8.32 Å². The van der Waals surface area contributed by atoms with Crippen LogP contribution in [0, 0.1) is 5.92 Å². The number of hydrogen-bond donors (Lipinski definition) is 1. The Kier molecular flexibility index (Phi) is 30.3. The van der Waals surface area contributed by atoms with Crippen molar-refractivity contribution in [3.8, 4) is 0 Å². The Balaban J connectivity index is 3.60. The number of unbranched alkanes of at least 4 members (excludes halogenated alkanes) is 26. The second kappa shape index (κ2) is 30.1. The average molecular weight is 553 g/mol. The first-order valence-electron chi connectivity index (χ1n) is 18.2. The summed E-state index contributed by atoms with van der Waals surface area (Å²) in [4.78, 5) is 10.6. The number of hydrogen-bond acceptors (Lipinski definition) is 1. The van der Waals surface area contributed by atoms with Gasteiger partial charge in [0, 0.05) is 0 Å². The molecule has 0 radical (unpaired) electrons. The molecule has 0 unspecified atom stereocenters. The van der Waals surface area contributed by atoms with Crippen LogP contribution in [-0.2, 0) is 0 Å². The Morgan fingerprint density at radius 3 is 0.789 bits per heavy atom. The molecule has 0 bridgehead atoms. The van der Waals surface area contributed by atoms with Gasteiger partial charge in [0.1, 0.15) is 0 Å². The highest BCUT2D eigenvalue weighted by atomic mass is 28.4. The summed E-state index contributed by atoms with van der Waals surface area (Å²) in [5.74, 6) is 0.788. The zero-order valence-electron chi connectivity index (χ0n) is 27.4. The average Bonchev–Trinajstić information content (AvgIpc) is 2.88. The van der Waals surface area contributed by atoms with Gasteiger partial charge in [-0.25, -0.2) is 0 Å². The molecule has 0 aromatic rings. The minimum absolute atomic E-state index is 0.788. The van der Waals surface area contributed by atoms with Gasteiger partial charge in [0.25, 0.3) is 0 Å². The van der Waals surface area contributed by atoms with E-state index in [4.69, 9.17) is 0 Å². The van der Waals surface area contributed by atoms with Crippen molar-refractivity contribution >= 4 is 8.32 Å². The molecule has 230 valence electrons. The van der Waals surface area contributed by atoms with Crippen LogP contribution in [0.2, 0.25) is 19.1 Å². The van der Waals surface area contributed by atoms with Crippen LogP contribution in [0.4, 0.5) is 0 Å². The van der Waals surface area contributed by atoms with Gasteiger partial charge >= 0.3 is 0 Å². The second-order valence-electron chi connectivity index (χ2n) is 13.7. The van der Waals surface area contributed by atoms with Gasteiger partial charge in [-0.1, -0.05) is 206 Å². The zero-order valence-corrected chi connectivity index (χ0v) is 28.4. The first-order chi connectivity index (χ1) is 18.5. The van der Waals surface area contributed by atoms with Crippen molar-refractivity contribution in [1.82, 2.24) is 0 Å². The van der Waals surface area contributed by atoms with Crippen molar-refractivity contribution in [3.63, 3.8) is 0 Å². The van der Waals surface area contributed by atoms with E-state index in [9.17, 15) is 4.80 Å². The molecule has 38 heavy (non-hydrogen) atoms. The summed E-state index contributed by atoms with van der Waals surface area (Å²) in [6.07, 6.45) is 43.1. The SMILES string of the molecule is CCCCCCCCCCCCCCCCC(CCCCCCCCCCCCCCCC)C[Si](C)(C)O. The third-order valence-electron chi connectivity index (χ3n) is 8.72. The Hall–Kier alpha value is 0.177. The molecule has 0 fully saturated rings. The first kappa shape index (κ1) is 38.2. The van der Waals surface area contributed by atoms with Crippen LogP contribution in [0.15, 0.2) is 0 Å². The molecule has 0 atom stereocenters. The molecular weight excluding hydrogens is 476 g/mol. The molecule has 1 N–H and O–H groups in total. The van der Waals surface area contributed by atoms with E-state index in [2.05, 4.69) is 26.9 Å². The lowest BCUT2D eigenvalue weighted by Crippen LogP contribution is -2.28. The van der Waals surface area contributed by atoms with Crippen molar-refractivity contribution in [2.75, 3.05) is 0 Å². The highest BCUT2D eigenvalue weighted by Crippen LogP contribution is 2.27. The van der Waals surface area contributed by atoms with E-state index in [-0.39, 0.29) is 0 Å². The van der Waals surface area contributed by atoms with Crippen molar-refractivity contribution in [2.45, 2.75) is 226 Å². The van der Waals surface area contributed by atoms with Crippen LogP contribution in [-0.4, -0.2) is 13.1 Å². The van der Waals surface area contributed by atoms with Gasteiger partial charge in [0.15, 0.2) is 8.32 Å². The van der Waals surface area contributed by atoms with E-state index in [0.717, 1.165) is 12.0 Å². The fourth-order valence-electron chi connectivity index (χ4n) is 6.31. The highest BCUT2D eigenvalue weighted by Gasteiger charge is 2.22. The standard InChI is InChI=1S/C36H76OSi/c1-5-7-9-11-13-15-17-19-21-23-25-27-29-31-33-36(35-38(3,4)37)34-32-30-28-26-24-22-20-18-16-14-12-10-8-6-2/h36-37H,5-35H2,1-4H3. The van der Waals surface area contributed by atoms with E-state index in [1.807, 2.05) is 0 Å². The lowest BCUT2D eigenvalue weighted by molar-refractivity contribution is 0.409. The summed E-state index contributed by atoms with van der Waals surface area (Å²) in [6, 6.07) is 1.13. The van der Waals surface area contributed by atoms with Crippen molar-refractivity contribution in [1.29, 1.82) is 0 Å². The largest absolute Gasteiger partial charge is 0.432 e. The zero-order chi connectivity index (χ0) is 28.0. The van der Waals surface area contributed by atoms with Gasteiger partial charge < -0.3 is 4.80 Å². The summed E-state index contributed by atoms with van der Waals surface area (Å²) < 4.78 is 0. The predicted molar refractivity (Wildman–Crippen MR) is 178 cm³/mol. The fraction of sp³-hybridized carbons (Fsp3) is 1.00. The summed E-state index contributed by atoms with van der Waals surface area (Å²) >= 11 is 0. The van der Waals surface area contributed by atoms with E-state index in [1.54, 1.807) is 0 Å². The van der Waals surface area contributed by atoms with Gasteiger partial charge in [0.05, 0.1) is 0 Å². The lowest BCUT2D eigenvalue weighted by Gasteiger charge is -2.23. The summed E-state index contributed by atoms with van der Waals surface area (Å²) in [5, 5.41) is 0. The van der Waals surface area contributed by atoms with Crippen LogP contribution >= 0.6 is 0 Å². The van der Waals surface area contributed by atoms with Gasteiger partial charge in [-0.2, -0.15) is 0 Å². The quantitative estimate of drug-likeness (QED) is 0.0649. The molecule has 0 saturated heterocycles. The van der Waals surface area contributed by atoms with Crippen LogP contribution in [0.1, 0.15) is 206 Å². The third kappa shape index (κ3) is 32.4. The highest BCUT2D eigenvalue weighted by molar-refractivity contribution is 6.69. The first-order valence-corrected chi connectivity index (χ1v) is 21.4. The molecule has 1 nitrogen and oxygen atoms in total. The Bertz CT molecular complexity index is 398. The molecule has 0 spiro atoms. The Morgan fingerprint density at radius 2 is 0.579 bits per heavy atom. The summed E-state index contributed by atoms with van der Waals surface area (Å²) in [6.45, 7) is 8.90. The lowest BCUT2D eigenvalue weighted by atomic mass is 9.95. The van der Waals surface area contributed by atoms with Crippen molar-refractivity contribution < 1.29 is 4.80 Å². The maximum atomic E-state index is 10.6. The minimum atomic E-state index is -1.93. The van der Waals surface area contributed by atoms with Gasteiger partial charge in [-0.3, -0.25) is 0 Å². The summed E-state index contributed by atoms with van der Waals surface area (Å²) in [7, 11) is -1.93. The molecule has 0 saturated carbocycles. The van der Waals surface area contributed by atoms with E-state index in [1.165, 1.54) is 193 Å².